The molecule has 2 nitrogen and oxygen atoms in total. The SMILES string of the molecule is COc1cc(C(C)Nc2cc(F)c(F)c(F)c2)ccc1F. The first kappa shape index (κ1) is 15.2. The molecule has 0 spiro atoms. The van der Waals surface area contributed by atoms with E-state index in [-0.39, 0.29) is 17.5 Å². The number of rotatable bonds is 4. The van der Waals surface area contributed by atoms with Crippen molar-refractivity contribution in [2.75, 3.05) is 12.4 Å². The first-order valence-corrected chi connectivity index (χ1v) is 6.17. The van der Waals surface area contributed by atoms with Crippen LogP contribution in [-0.4, -0.2) is 7.11 Å². The van der Waals surface area contributed by atoms with Gasteiger partial charge >= 0.3 is 0 Å². The van der Waals surface area contributed by atoms with Crippen LogP contribution in [0.25, 0.3) is 0 Å². The van der Waals surface area contributed by atoms with Gasteiger partial charge in [-0.2, -0.15) is 0 Å². The molecule has 0 amide bonds. The molecule has 1 N–H and O–H groups in total. The molecule has 0 radical (unpaired) electrons. The molecular weight excluding hydrogens is 286 g/mol. The summed E-state index contributed by atoms with van der Waals surface area (Å²) in [6.07, 6.45) is 0. The Morgan fingerprint density at radius 3 is 2.14 bits per heavy atom. The Balaban J connectivity index is 2.23. The highest BCUT2D eigenvalue weighted by molar-refractivity contribution is 5.47. The van der Waals surface area contributed by atoms with Crippen molar-refractivity contribution in [3.05, 3.63) is 59.2 Å². The van der Waals surface area contributed by atoms with Gasteiger partial charge in [-0.05, 0) is 24.6 Å². The topological polar surface area (TPSA) is 21.3 Å². The van der Waals surface area contributed by atoms with E-state index in [1.807, 2.05) is 0 Å². The highest BCUT2D eigenvalue weighted by Crippen LogP contribution is 2.26. The Hall–Kier alpha value is -2.24. The van der Waals surface area contributed by atoms with Gasteiger partial charge in [0.1, 0.15) is 0 Å². The fourth-order valence-corrected chi connectivity index (χ4v) is 1.92. The summed E-state index contributed by atoms with van der Waals surface area (Å²) >= 11 is 0. The normalized spacial score (nSPS) is 12.1. The van der Waals surface area contributed by atoms with Crippen LogP contribution in [0.3, 0.4) is 0 Å². The van der Waals surface area contributed by atoms with Crippen LogP contribution in [0, 0.1) is 23.3 Å². The molecule has 6 heteroatoms. The minimum absolute atomic E-state index is 0.0672. The van der Waals surface area contributed by atoms with Gasteiger partial charge < -0.3 is 10.1 Å². The van der Waals surface area contributed by atoms with Crippen LogP contribution in [0.4, 0.5) is 23.2 Å². The van der Waals surface area contributed by atoms with Gasteiger partial charge in [-0.3, -0.25) is 0 Å². The van der Waals surface area contributed by atoms with E-state index in [1.165, 1.54) is 25.3 Å². The second kappa shape index (κ2) is 6.03. The average molecular weight is 299 g/mol. The molecule has 2 aromatic rings. The molecule has 2 rings (SSSR count). The van der Waals surface area contributed by atoms with Crippen LogP contribution in [0.15, 0.2) is 30.3 Å². The van der Waals surface area contributed by atoms with Crippen molar-refractivity contribution in [1.82, 2.24) is 0 Å². The molecule has 0 aliphatic heterocycles. The Kier molecular flexibility index (Phi) is 4.35. The van der Waals surface area contributed by atoms with E-state index >= 15 is 0 Å². The first-order valence-electron chi connectivity index (χ1n) is 6.17. The van der Waals surface area contributed by atoms with E-state index in [0.717, 1.165) is 12.1 Å². The number of halogens is 4. The van der Waals surface area contributed by atoms with Crippen molar-refractivity contribution in [1.29, 1.82) is 0 Å². The molecule has 0 aromatic heterocycles. The number of ether oxygens (including phenoxy) is 1. The molecule has 21 heavy (non-hydrogen) atoms. The lowest BCUT2D eigenvalue weighted by Gasteiger charge is -2.17. The Morgan fingerprint density at radius 1 is 0.952 bits per heavy atom. The molecule has 0 fully saturated rings. The number of hydrogen-bond acceptors (Lipinski definition) is 2. The number of methoxy groups -OCH3 is 1. The predicted octanol–water partition coefficient (Wildman–Crippen LogP) is 4.42. The van der Waals surface area contributed by atoms with Crippen molar-refractivity contribution in [3.8, 4) is 5.75 Å². The van der Waals surface area contributed by atoms with Gasteiger partial charge in [-0.15, -0.1) is 0 Å². The molecule has 0 aliphatic rings. The summed E-state index contributed by atoms with van der Waals surface area (Å²) in [5.41, 5.74) is 0.737. The summed E-state index contributed by atoms with van der Waals surface area (Å²) < 4.78 is 57.4. The highest BCUT2D eigenvalue weighted by Gasteiger charge is 2.14. The fourth-order valence-electron chi connectivity index (χ4n) is 1.92. The van der Waals surface area contributed by atoms with Gasteiger partial charge in [0, 0.05) is 23.9 Å². The number of hydrogen-bond donors (Lipinski definition) is 1. The minimum atomic E-state index is -1.52. The molecule has 0 bridgehead atoms. The maximum atomic E-state index is 13.3. The van der Waals surface area contributed by atoms with E-state index in [4.69, 9.17) is 4.74 Å². The smallest absolute Gasteiger partial charge is 0.194 e. The maximum absolute atomic E-state index is 13.3. The summed E-state index contributed by atoms with van der Waals surface area (Å²) in [5, 5.41) is 2.81. The summed E-state index contributed by atoms with van der Waals surface area (Å²) in [5.74, 6) is -4.51. The predicted molar refractivity (Wildman–Crippen MR) is 71.3 cm³/mol. The molecular formula is C15H13F4NO. The van der Waals surface area contributed by atoms with Gasteiger partial charge in [0.15, 0.2) is 29.0 Å². The van der Waals surface area contributed by atoms with Crippen LogP contribution in [-0.2, 0) is 0 Å². The molecule has 1 unspecified atom stereocenters. The lowest BCUT2D eigenvalue weighted by atomic mass is 10.1. The molecule has 0 aliphatic carbocycles. The number of benzene rings is 2. The Bertz CT molecular complexity index is 637. The van der Waals surface area contributed by atoms with E-state index in [0.29, 0.717) is 5.56 Å². The fraction of sp³-hybridized carbons (Fsp3) is 0.200. The summed E-state index contributed by atoms with van der Waals surface area (Å²) in [4.78, 5) is 0. The molecule has 112 valence electrons. The van der Waals surface area contributed by atoms with Gasteiger partial charge in [0.05, 0.1) is 7.11 Å². The van der Waals surface area contributed by atoms with Crippen molar-refractivity contribution in [3.63, 3.8) is 0 Å². The van der Waals surface area contributed by atoms with Crippen LogP contribution in [0.2, 0.25) is 0 Å². The van der Waals surface area contributed by atoms with Gasteiger partial charge in [0.25, 0.3) is 0 Å². The van der Waals surface area contributed by atoms with E-state index in [9.17, 15) is 17.6 Å². The van der Waals surface area contributed by atoms with Gasteiger partial charge in [-0.25, -0.2) is 17.6 Å². The maximum Gasteiger partial charge on any atom is 0.194 e. The van der Waals surface area contributed by atoms with E-state index < -0.39 is 23.3 Å². The summed E-state index contributed by atoms with van der Waals surface area (Å²) in [6.45, 7) is 1.71. The van der Waals surface area contributed by atoms with E-state index in [1.54, 1.807) is 6.92 Å². The second-order valence-corrected chi connectivity index (χ2v) is 4.51. The van der Waals surface area contributed by atoms with Crippen molar-refractivity contribution >= 4 is 5.69 Å². The zero-order valence-corrected chi connectivity index (χ0v) is 11.4. The Labute approximate surface area is 119 Å². The van der Waals surface area contributed by atoms with Crippen LogP contribution in [0.1, 0.15) is 18.5 Å². The van der Waals surface area contributed by atoms with Crippen molar-refractivity contribution in [2.24, 2.45) is 0 Å². The van der Waals surface area contributed by atoms with Gasteiger partial charge in [0.2, 0.25) is 0 Å². The third-order valence-corrected chi connectivity index (χ3v) is 3.04. The van der Waals surface area contributed by atoms with E-state index in [2.05, 4.69) is 5.32 Å². The lowest BCUT2D eigenvalue weighted by molar-refractivity contribution is 0.385. The quantitative estimate of drug-likeness (QED) is 0.666. The third-order valence-electron chi connectivity index (χ3n) is 3.04. The zero-order chi connectivity index (χ0) is 15.6. The van der Waals surface area contributed by atoms with Crippen LogP contribution >= 0.6 is 0 Å². The lowest BCUT2D eigenvalue weighted by Crippen LogP contribution is -2.08. The highest BCUT2D eigenvalue weighted by atomic mass is 19.2. The first-order chi connectivity index (χ1) is 9.92. The molecule has 0 saturated carbocycles. The Morgan fingerprint density at radius 2 is 1.57 bits per heavy atom. The second-order valence-electron chi connectivity index (χ2n) is 4.51. The average Bonchev–Trinajstić information content (AvgIpc) is 2.45. The molecule has 2 aromatic carbocycles. The van der Waals surface area contributed by atoms with Gasteiger partial charge in [-0.1, -0.05) is 6.07 Å². The van der Waals surface area contributed by atoms with Crippen LogP contribution in [0.5, 0.6) is 5.75 Å². The standard InChI is InChI=1S/C15H13F4NO/c1-8(9-3-4-11(16)14(5-9)21-2)20-10-6-12(17)15(19)13(18)7-10/h3-8,20H,1-2H3. The summed E-state index contributed by atoms with van der Waals surface area (Å²) in [6, 6.07) is 5.56. The third kappa shape index (κ3) is 3.26. The number of nitrogens with one attached hydrogen (secondary N) is 1. The van der Waals surface area contributed by atoms with Crippen LogP contribution < -0.4 is 10.1 Å². The monoisotopic (exact) mass is 299 g/mol. The number of anilines is 1. The largest absolute Gasteiger partial charge is 0.494 e. The zero-order valence-electron chi connectivity index (χ0n) is 11.4. The minimum Gasteiger partial charge on any atom is -0.494 e. The molecule has 0 heterocycles. The van der Waals surface area contributed by atoms with Crippen molar-refractivity contribution in [2.45, 2.75) is 13.0 Å². The molecule has 0 saturated heterocycles. The summed E-state index contributed by atoms with van der Waals surface area (Å²) in [7, 11) is 1.34. The molecule has 1 atom stereocenters. The van der Waals surface area contributed by atoms with Crippen molar-refractivity contribution < 1.29 is 22.3 Å².